The Hall–Kier alpha value is -1.78. The predicted octanol–water partition coefficient (Wildman–Crippen LogP) is 8.77. The van der Waals surface area contributed by atoms with Crippen molar-refractivity contribution in [3.63, 3.8) is 0 Å². The second-order valence-corrected chi connectivity index (χ2v) is 8.86. The van der Waals surface area contributed by atoms with Gasteiger partial charge in [0.25, 0.3) is 0 Å². The van der Waals surface area contributed by atoms with Gasteiger partial charge < -0.3 is 0 Å². The van der Waals surface area contributed by atoms with Crippen LogP contribution in [0.5, 0.6) is 0 Å². The van der Waals surface area contributed by atoms with Crippen molar-refractivity contribution in [2.45, 2.75) is 74.7 Å². The molecule has 1 unspecified atom stereocenters. The zero-order valence-corrected chi connectivity index (χ0v) is 19.3. The summed E-state index contributed by atoms with van der Waals surface area (Å²) in [7, 11) is 0. The molecule has 150 valence electrons. The molecule has 0 aliphatic heterocycles. The molecule has 0 amide bonds. The highest BCUT2D eigenvalue weighted by Gasteiger charge is 2.32. The summed E-state index contributed by atoms with van der Waals surface area (Å²) in [5, 5.41) is 0. The van der Waals surface area contributed by atoms with Crippen molar-refractivity contribution in [2.24, 2.45) is 16.7 Å². The molecule has 0 aliphatic carbocycles. The average molecular weight is 367 g/mol. The van der Waals surface area contributed by atoms with Crippen molar-refractivity contribution in [3.8, 4) is 0 Å². The molecule has 0 saturated carbocycles. The largest absolute Gasteiger partial charge is 0.133 e. The maximum atomic E-state index is 4.42. The lowest BCUT2D eigenvalue weighted by atomic mass is 9.68. The number of allylic oxidation sites excluding steroid dienone is 8. The summed E-state index contributed by atoms with van der Waals surface area (Å²) in [6.45, 7) is 34.4. The van der Waals surface area contributed by atoms with Gasteiger partial charge in [-0.25, -0.2) is 0 Å². The third-order valence-electron chi connectivity index (χ3n) is 6.27. The van der Waals surface area contributed by atoms with E-state index in [0.29, 0.717) is 5.92 Å². The lowest BCUT2D eigenvalue weighted by molar-refractivity contribution is 0.445. The van der Waals surface area contributed by atoms with E-state index in [4.69, 9.17) is 0 Å². The van der Waals surface area contributed by atoms with Gasteiger partial charge >= 0.3 is 0 Å². The van der Waals surface area contributed by atoms with Crippen LogP contribution in [0.2, 0.25) is 0 Å². The van der Waals surface area contributed by atoms with Gasteiger partial charge in [0.2, 0.25) is 0 Å². The molecular formula is C27H42. The highest BCUT2D eigenvalue weighted by atomic mass is 14.4. The second kappa shape index (κ2) is 10.5. The smallest absolute Gasteiger partial charge is 0.0130 e. The van der Waals surface area contributed by atoms with Crippen molar-refractivity contribution in [1.82, 2.24) is 0 Å². The van der Waals surface area contributed by atoms with Gasteiger partial charge in [-0.15, -0.1) is 18.9 Å². The molecule has 0 nitrogen and oxygen atoms in total. The van der Waals surface area contributed by atoms with Gasteiger partial charge in [-0.2, -0.15) is 0 Å². The quantitative estimate of drug-likeness (QED) is 0.195. The lowest BCUT2D eigenvalue weighted by Gasteiger charge is -2.37. The average Bonchev–Trinajstić information content (AvgIpc) is 2.58. The van der Waals surface area contributed by atoms with Crippen molar-refractivity contribution in [3.05, 3.63) is 78.1 Å². The molecule has 1 atom stereocenters. The van der Waals surface area contributed by atoms with E-state index in [-0.39, 0.29) is 10.8 Å². The van der Waals surface area contributed by atoms with Gasteiger partial charge in [0, 0.05) is 5.41 Å². The van der Waals surface area contributed by atoms with Crippen molar-refractivity contribution in [1.29, 1.82) is 0 Å². The van der Waals surface area contributed by atoms with E-state index in [1.165, 1.54) is 27.9 Å². The molecular weight excluding hydrogens is 324 g/mol. The standard InChI is InChI=1S/C27H42/c1-13-16-17-21(6)27(12,19-15-3)24(9)25(20(4)5)22(7)23(8)26(10,11)18-14-2/h14-16,20H,1-3,6,17-19H2,4-5,7-12H3. The fourth-order valence-corrected chi connectivity index (χ4v) is 3.94. The summed E-state index contributed by atoms with van der Waals surface area (Å²) >= 11 is 0. The maximum Gasteiger partial charge on any atom is 0.0130 e. The summed E-state index contributed by atoms with van der Waals surface area (Å²) < 4.78 is 0. The highest BCUT2D eigenvalue weighted by Crippen LogP contribution is 2.45. The fraction of sp³-hybridized carbons (Fsp3) is 0.519. The van der Waals surface area contributed by atoms with Crippen LogP contribution in [0.3, 0.4) is 0 Å². The molecule has 0 rings (SSSR count). The third kappa shape index (κ3) is 6.12. The molecule has 0 radical (unpaired) electrons. The SMILES string of the molecule is C=C=CCC(=C)C(C)(CC=C)C(C)=C(C(C)=C(C)C(C)(C)CC=C)C(C)C. The van der Waals surface area contributed by atoms with E-state index >= 15 is 0 Å². The highest BCUT2D eigenvalue weighted by molar-refractivity contribution is 5.44. The van der Waals surface area contributed by atoms with Gasteiger partial charge in [0.15, 0.2) is 0 Å². The Labute approximate surface area is 169 Å². The minimum atomic E-state index is -0.126. The van der Waals surface area contributed by atoms with Crippen LogP contribution < -0.4 is 0 Å². The van der Waals surface area contributed by atoms with E-state index in [2.05, 4.69) is 87.4 Å². The molecule has 0 fully saturated rings. The van der Waals surface area contributed by atoms with Gasteiger partial charge in [0.1, 0.15) is 0 Å². The summed E-state index contributed by atoms with van der Waals surface area (Å²) in [4.78, 5) is 0. The van der Waals surface area contributed by atoms with E-state index in [1.807, 2.05) is 18.2 Å². The van der Waals surface area contributed by atoms with Crippen LogP contribution in [0.25, 0.3) is 0 Å². The van der Waals surface area contributed by atoms with Crippen molar-refractivity contribution >= 4 is 0 Å². The number of hydrogen-bond acceptors (Lipinski definition) is 0. The molecule has 0 saturated heterocycles. The summed E-state index contributed by atoms with van der Waals surface area (Å²) in [5.41, 5.74) is 9.71. The van der Waals surface area contributed by atoms with Gasteiger partial charge in [0.05, 0.1) is 0 Å². The Bertz CT molecular complexity index is 669. The Morgan fingerprint density at radius 1 is 0.963 bits per heavy atom. The van der Waals surface area contributed by atoms with Gasteiger partial charge in [-0.05, 0) is 68.6 Å². The zero-order chi connectivity index (χ0) is 21.4. The molecule has 0 aromatic rings. The second-order valence-electron chi connectivity index (χ2n) is 8.86. The molecule has 0 aromatic heterocycles. The minimum Gasteiger partial charge on any atom is -0.133 e. The van der Waals surface area contributed by atoms with Crippen molar-refractivity contribution < 1.29 is 0 Å². The van der Waals surface area contributed by atoms with Crippen LogP contribution in [0.1, 0.15) is 74.7 Å². The summed E-state index contributed by atoms with van der Waals surface area (Å²) in [6.07, 6.45) is 8.64. The maximum absolute atomic E-state index is 4.42. The first-order valence-corrected chi connectivity index (χ1v) is 10.0. The third-order valence-corrected chi connectivity index (χ3v) is 6.27. The van der Waals surface area contributed by atoms with Crippen LogP contribution >= 0.6 is 0 Å². The first-order chi connectivity index (χ1) is 12.4. The van der Waals surface area contributed by atoms with Crippen LogP contribution in [-0.2, 0) is 0 Å². The fourth-order valence-electron chi connectivity index (χ4n) is 3.94. The molecule has 0 heterocycles. The van der Waals surface area contributed by atoms with Gasteiger partial charge in [-0.3, -0.25) is 0 Å². The molecule has 0 aromatic carbocycles. The van der Waals surface area contributed by atoms with Crippen LogP contribution in [-0.4, -0.2) is 0 Å². The van der Waals surface area contributed by atoms with E-state index in [1.54, 1.807) is 0 Å². The molecule has 0 N–H and O–H groups in total. The Kier molecular flexibility index (Phi) is 9.83. The number of rotatable bonds is 11. The van der Waals surface area contributed by atoms with E-state index < -0.39 is 0 Å². The minimum absolute atomic E-state index is 0.101. The Balaban J connectivity index is 6.67. The van der Waals surface area contributed by atoms with Crippen LogP contribution in [0.4, 0.5) is 0 Å². The van der Waals surface area contributed by atoms with Crippen molar-refractivity contribution in [2.75, 3.05) is 0 Å². The Morgan fingerprint density at radius 3 is 1.89 bits per heavy atom. The Morgan fingerprint density at radius 2 is 1.48 bits per heavy atom. The predicted molar refractivity (Wildman–Crippen MR) is 125 cm³/mol. The normalized spacial score (nSPS) is 15.9. The first kappa shape index (κ1) is 25.2. The number of hydrogen-bond donors (Lipinski definition) is 0. The topological polar surface area (TPSA) is 0 Å². The monoisotopic (exact) mass is 366 g/mol. The molecule has 0 spiro atoms. The first-order valence-electron chi connectivity index (χ1n) is 10.0. The lowest BCUT2D eigenvalue weighted by Crippen LogP contribution is -2.23. The van der Waals surface area contributed by atoms with E-state index in [9.17, 15) is 0 Å². The van der Waals surface area contributed by atoms with E-state index in [0.717, 1.165) is 19.3 Å². The zero-order valence-electron chi connectivity index (χ0n) is 19.3. The molecule has 0 aliphatic rings. The van der Waals surface area contributed by atoms with Gasteiger partial charge in [-0.1, -0.05) is 76.6 Å². The summed E-state index contributed by atoms with van der Waals surface area (Å²) in [5.74, 6) is 0.436. The molecule has 0 heteroatoms. The van der Waals surface area contributed by atoms with Crippen LogP contribution in [0.15, 0.2) is 78.1 Å². The summed E-state index contributed by atoms with van der Waals surface area (Å²) in [6, 6.07) is 0. The van der Waals surface area contributed by atoms with Crippen LogP contribution in [0, 0.1) is 16.7 Å². The molecule has 27 heavy (non-hydrogen) atoms. The molecule has 0 bridgehead atoms.